The highest BCUT2D eigenvalue weighted by atomic mass is 79.9. The molecule has 0 amide bonds. The maximum Gasteiger partial charge on any atom is 0.186 e. The number of allylic oxidation sites excluding steroid dienone is 1. The second-order valence-electron chi connectivity index (χ2n) is 6.51. The fourth-order valence-electron chi connectivity index (χ4n) is 2.88. The Morgan fingerprint density at radius 1 is 1.07 bits per heavy atom. The SMILES string of the molecule is O=C(/C=C/c1ccc(COc2ccc(Br)cc2Cl)o1)c1cccc(-n2cccc2)c1. The highest BCUT2D eigenvalue weighted by Crippen LogP contribution is 2.28. The molecule has 0 unspecified atom stereocenters. The van der Waals surface area contributed by atoms with Crippen LogP contribution in [0.4, 0.5) is 0 Å². The number of nitrogens with zero attached hydrogens (tertiary/aromatic N) is 1. The van der Waals surface area contributed by atoms with Gasteiger partial charge in [0, 0.05) is 28.1 Å². The lowest BCUT2D eigenvalue weighted by Crippen LogP contribution is -1.97. The molecular weight excluding hydrogens is 466 g/mol. The third-order valence-electron chi connectivity index (χ3n) is 4.38. The van der Waals surface area contributed by atoms with E-state index in [-0.39, 0.29) is 12.4 Å². The summed E-state index contributed by atoms with van der Waals surface area (Å²) in [5.74, 6) is 1.69. The molecule has 2 aromatic carbocycles. The van der Waals surface area contributed by atoms with Crippen molar-refractivity contribution in [2.45, 2.75) is 6.61 Å². The zero-order valence-electron chi connectivity index (χ0n) is 15.8. The molecule has 0 N–H and O–H groups in total. The van der Waals surface area contributed by atoms with Gasteiger partial charge in [0.15, 0.2) is 5.78 Å². The molecule has 0 spiro atoms. The van der Waals surface area contributed by atoms with E-state index in [1.54, 1.807) is 30.3 Å². The zero-order valence-corrected chi connectivity index (χ0v) is 18.1. The summed E-state index contributed by atoms with van der Waals surface area (Å²) in [5.41, 5.74) is 1.54. The van der Waals surface area contributed by atoms with Gasteiger partial charge in [-0.15, -0.1) is 0 Å². The molecule has 0 bridgehead atoms. The van der Waals surface area contributed by atoms with Gasteiger partial charge < -0.3 is 13.7 Å². The van der Waals surface area contributed by atoms with Crippen LogP contribution in [0.25, 0.3) is 11.8 Å². The molecule has 2 aromatic heterocycles. The molecule has 4 nitrogen and oxygen atoms in total. The molecule has 30 heavy (non-hydrogen) atoms. The summed E-state index contributed by atoms with van der Waals surface area (Å²) in [4.78, 5) is 12.5. The molecule has 4 aromatic rings. The van der Waals surface area contributed by atoms with Gasteiger partial charge in [0.2, 0.25) is 0 Å². The van der Waals surface area contributed by atoms with Crippen LogP contribution in [0.3, 0.4) is 0 Å². The van der Waals surface area contributed by atoms with Crippen LogP contribution in [0.15, 0.2) is 94.1 Å². The quantitative estimate of drug-likeness (QED) is 0.211. The minimum Gasteiger partial charge on any atom is -0.484 e. The van der Waals surface area contributed by atoms with E-state index in [1.807, 2.05) is 59.4 Å². The number of aromatic nitrogens is 1. The number of halogens is 2. The van der Waals surface area contributed by atoms with Crippen molar-refractivity contribution in [2.24, 2.45) is 0 Å². The fraction of sp³-hybridized carbons (Fsp3) is 0.0417. The van der Waals surface area contributed by atoms with Crippen molar-refractivity contribution >= 4 is 39.4 Å². The molecule has 0 saturated heterocycles. The molecule has 0 aliphatic rings. The van der Waals surface area contributed by atoms with Crippen LogP contribution in [0.5, 0.6) is 5.75 Å². The minimum atomic E-state index is -0.0974. The van der Waals surface area contributed by atoms with E-state index in [4.69, 9.17) is 20.8 Å². The molecule has 2 heterocycles. The predicted molar refractivity (Wildman–Crippen MR) is 121 cm³/mol. The molecule has 0 saturated carbocycles. The molecule has 0 atom stereocenters. The average Bonchev–Trinajstić information content (AvgIpc) is 3.44. The summed E-state index contributed by atoms with van der Waals surface area (Å²) < 4.78 is 14.3. The predicted octanol–water partition coefficient (Wildman–Crippen LogP) is 6.96. The van der Waals surface area contributed by atoms with Gasteiger partial charge in [-0.25, -0.2) is 0 Å². The van der Waals surface area contributed by atoms with E-state index in [1.165, 1.54) is 6.08 Å². The van der Waals surface area contributed by atoms with Crippen LogP contribution >= 0.6 is 27.5 Å². The number of carbonyl (C=O) groups is 1. The van der Waals surface area contributed by atoms with Crippen molar-refractivity contribution in [1.82, 2.24) is 4.57 Å². The molecular formula is C24H17BrClNO3. The van der Waals surface area contributed by atoms with E-state index in [0.29, 0.717) is 27.9 Å². The number of furan rings is 1. The second kappa shape index (κ2) is 9.20. The topological polar surface area (TPSA) is 44.4 Å². The molecule has 4 rings (SSSR count). The van der Waals surface area contributed by atoms with Gasteiger partial charge in [-0.1, -0.05) is 39.7 Å². The Bertz CT molecular complexity index is 1190. The van der Waals surface area contributed by atoms with E-state index in [9.17, 15) is 4.79 Å². The van der Waals surface area contributed by atoms with Crippen molar-refractivity contribution in [2.75, 3.05) is 0 Å². The van der Waals surface area contributed by atoms with Gasteiger partial charge in [-0.2, -0.15) is 0 Å². The monoisotopic (exact) mass is 481 g/mol. The van der Waals surface area contributed by atoms with Crippen LogP contribution in [0.1, 0.15) is 21.9 Å². The number of hydrogen-bond acceptors (Lipinski definition) is 3. The third kappa shape index (κ3) is 4.93. The average molecular weight is 483 g/mol. The molecule has 0 radical (unpaired) electrons. The highest BCUT2D eigenvalue weighted by molar-refractivity contribution is 9.10. The van der Waals surface area contributed by atoms with Gasteiger partial charge in [0.25, 0.3) is 0 Å². The lowest BCUT2D eigenvalue weighted by atomic mass is 10.1. The number of benzene rings is 2. The standard InChI is InChI=1S/C24H17BrClNO3/c25-18-6-11-24(22(26)15-18)29-16-21-8-7-20(30-21)9-10-23(28)17-4-3-5-19(14-17)27-12-1-2-13-27/h1-15H,16H2/b10-9+. The van der Waals surface area contributed by atoms with E-state index in [0.717, 1.165) is 10.2 Å². The first-order valence-corrected chi connectivity index (χ1v) is 10.4. The molecule has 0 aliphatic carbocycles. The number of hydrogen-bond donors (Lipinski definition) is 0. The normalized spacial score (nSPS) is 11.1. The van der Waals surface area contributed by atoms with Gasteiger partial charge in [-0.3, -0.25) is 4.79 Å². The molecule has 0 aliphatic heterocycles. The smallest absolute Gasteiger partial charge is 0.186 e. The fourth-order valence-corrected chi connectivity index (χ4v) is 3.61. The second-order valence-corrected chi connectivity index (χ2v) is 7.83. The van der Waals surface area contributed by atoms with E-state index >= 15 is 0 Å². The van der Waals surface area contributed by atoms with E-state index in [2.05, 4.69) is 15.9 Å². The largest absolute Gasteiger partial charge is 0.484 e. The molecule has 6 heteroatoms. The van der Waals surface area contributed by atoms with Crippen molar-refractivity contribution in [1.29, 1.82) is 0 Å². The van der Waals surface area contributed by atoms with Crippen LogP contribution in [0, 0.1) is 0 Å². The van der Waals surface area contributed by atoms with Gasteiger partial charge in [0.05, 0.1) is 5.02 Å². The lowest BCUT2D eigenvalue weighted by molar-refractivity contribution is 0.104. The number of ether oxygens (including phenoxy) is 1. The Kier molecular flexibility index (Phi) is 6.21. The van der Waals surface area contributed by atoms with Crippen LogP contribution < -0.4 is 4.74 Å². The van der Waals surface area contributed by atoms with Crippen LogP contribution in [-0.4, -0.2) is 10.4 Å². The third-order valence-corrected chi connectivity index (χ3v) is 5.17. The van der Waals surface area contributed by atoms with Crippen molar-refractivity contribution in [3.63, 3.8) is 0 Å². The summed E-state index contributed by atoms with van der Waals surface area (Å²) in [5, 5.41) is 0.517. The maximum atomic E-state index is 12.5. The first-order valence-electron chi connectivity index (χ1n) is 9.21. The number of carbonyl (C=O) groups excluding carboxylic acids is 1. The Hall–Kier alpha value is -3.02. The summed E-state index contributed by atoms with van der Waals surface area (Å²) in [7, 11) is 0. The lowest BCUT2D eigenvalue weighted by Gasteiger charge is -2.06. The maximum absolute atomic E-state index is 12.5. The summed E-state index contributed by atoms with van der Waals surface area (Å²) in [6.45, 7) is 0.238. The first kappa shape index (κ1) is 20.3. The number of rotatable bonds is 7. The Balaban J connectivity index is 1.39. The summed E-state index contributed by atoms with van der Waals surface area (Å²) in [6, 6.07) is 20.4. The minimum absolute atomic E-state index is 0.0974. The molecule has 0 fully saturated rings. The van der Waals surface area contributed by atoms with Gasteiger partial charge >= 0.3 is 0 Å². The van der Waals surface area contributed by atoms with Gasteiger partial charge in [0.1, 0.15) is 23.9 Å². The Morgan fingerprint density at radius 3 is 2.70 bits per heavy atom. The van der Waals surface area contributed by atoms with E-state index < -0.39 is 0 Å². The Labute approximate surface area is 187 Å². The number of ketones is 1. The summed E-state index contributed by atoms with van der Waals surface area (Å²) in [6.07, 6.45) is 7.03. The van der Waals surface area contributed by atoms with Crippen molar-refractivity contribution < 1.29 is 13.9 Å². The van der Waals surface area contributed by atoms with Crippen LogP contribution in [0.2, 0.25) is 5.02 Å². The van der Waals surface area contributed by atoms with Crippen LogP contribution in [-0.2, 0) is 6.61 Å². The van der Waals surface area contributed by atoms with Crippen molar-refractivity contribution in [3.05, 3.63) is 112 Å². The molecule has 150 valence electrons. The van der Waals surface area contributed by atoms with Crippen molar-refractivity contribution in [3.8, 4) is 11.4 Å². The zero-order chi connectivity index (χ0) is 20.9. The first-order chi connectivity index (χ1) is 14.6. The highest BCUT2D eigenvalue weighted by Gasteiger charge is 2.07. The van der Waals surface area contributed by atoms with Gasteiger partial charge in [-0.05, 0) is 66.7 Å². The summed E-state index contributed by atoms with van der Waals surface area (Å²) >= 11 is 9.51. The Morgan fingerprint density at radius 2 is 1.90 bits per heavy atom.